The summed E-state index contributed by atoms with van der Waals surface area (Å²) < 4.78 is 10.1. The van der Waals surface area contributed by atoms with Gasteiger partial charge < -0.3 is 21.1 Å². The number of nitrogens with two attached hydrogens (primary N) is 1. The summed E-state index contributed by atoms with van der Waals surface area (Å²) in [6.45, 7) is 0.970. The lowest BCUT2D eigenvalue weighted by atomic mass is 9.95. The third kappa shape index (κ3) is 6.83. The Morgan fingerprint density at radius 2 is 1.73 bits per heavy atom. The topological polar surface area (TPSA) is 127 Å². The van der Waals surface area contributed by atoms with Crippen molar-refractivity contribution in [1.29, 1.82) is 0 Å². The summed E-state index contributed by atoms with van der Waals surface area (Å²) in [6, 6.07) is 19.1. The fourth-order valence-electron chi connectivity index (χ4n) is 6.19. The summed E-state index contributed by atoms with van der Waals surface area (Å²) in [6.07, 6.45) is 6.77. The highest BCUT2D eigenvalue weighted by atomic mass is 35.5. The zero-order chi connectivity index (χ0) is 31.3. The largest absolute Gasteiger partial charge is 0.395 e. The molecule has 2 unspecified atom stereocenters. The molecule has 1 aliphatic heterocycles. The summed E-state index contributed by atoms with van der Waals surface area (Å²) in [4.78, 5) is 43.7. The average Bonchev–Trinajstić information content (AvgIpc) is 3.73. The summed E-state index contributed by atoms with van der Waals surface area (Å²) in [5, 5.41) is 8.24. The van der Waals surface area contributed by atoms with E-state index in [9.17, 15) is 14.4 Å². The number of hydrogen-bond donors (Lipinski definition) is 3. The number of ether oxygens (including phenoxy) is 1. The van der Waals surface area contributed by atoms with E-state index >= 15 is 0 Å². The molecule has 1 aliphatic carbocycles. The molecule has 0 bridgehead atoms. The maximum absolute atomic E-state index is 14.7. The van der Waals surface area contributed by atoms with Gasteiger partial charge in [0.25, 0.3) is 11.8 Å². The predicted octanol–water partition coefficient (Wildman–Crippen LogP) is 6.28. The second kappa shape index (κ2) is 14.0. The Morgan fingerprint density at radius 1 is 0.978 bits per heavy atom. The van der Waals surface area contributed by atoms with Gasteiger partial charge in [-0.25, -0.2) is 0 Å². The summed E-state index contributed by atoms with van der Waals surface area (Å²) in [7, 11) is 0. The van der Waals surface area contributed by atoms with Gasteiger partial charge in [-0.15, -0.1) is 0 Å². The van der Waals surface area contributed by atoms with Crippen LogP contribution in [0.5, 0.6) is 0 Å². The Labute approximate surface area is 271 Å². The van der Waals surface area contributed by atoms with Gasteiger partial charge in [0.1, 0.15) is 10.9 Å². The molecule has 0 spiro atoms. The number of benzene rings is 3. The first kappa shape index (κ1) is 31.0. The highest BCUT2D eigenvalue weighted by molar-refractivity contribution is 7.09. The molecule has 3 amide bonds. The van der Waals surface area contributed by atoms with Crippen molar-refractivity contribution >= 4 is 63.0 Å². The maximum atomic E-state index is 14.7. The van der Waals surface area contributed by atoms with E-state index in [2.05, 4.69) is 15.0 Å². The third-order valence-electron chi connectivity index (χ3n) is 8.54. The van der Waals surface area contributed by atoms with Crippen LogP contribution in [0.1, 0.15) is 76.7 Å². The quantitative estimate of drug-likeness (QED) is 0.197. The number of nitrogens with zero attached hydrogens (tertiary/aromatic N) is 2. The molecule has 234 valence electrons. The standard InChI is InChI=1S/C34H36ClN5O4S/c35-23-17-15-22(16-18-23)30(33(42)37-20-25-12-7-19-44-25)40(27-14-6-9-21-8-4-5-13-26(21)27)34(43)31-28(36)29(39-45-31)32(41)38-24-10-2-1-3-11-24/h4-6,8-9,13-18,24-25,30H,1-3,7,10-12,19-20,36H2,(H,37,42)(H,38,41). The molecule has 2 heterocycles. The molecule has 4 N–H and O–H groups in total. The van der Waals surface area contributed by atoms with Crippen LogP contribution in [-0.4, -0.2) is 47.4 Å². The second-order valence-electron chi connectivity index (χ2n) is 11.6. The fourth-order valence-corrected chi connectivity index (χ4v) is 7.05. The number of aromatic nitrogens is 1. The van der Waals surface area contributed by atoms with E-state index < -0.39 is 17.9 Å². The van der Waals surface area contributed by atoms with E-state index in [-0.39, 0.29) is 34.3 Å². The van der Waals surface area contributed by atoms with E-state index in [1.807, 2.05) is 42.5 Å². The van der Waals surface area contributed by atoms with Gasteiger partial charge in [-0.05, 0) is 66.4 Å². The number of nitrogen functional groups attached to an aromatic ring is 1. The molecule has 2 aliphatic rings. The molecule has 3 aromatic carbocycles. The number of halogens is 1. The SMILES string of the molecule is Nc1c(C(=O)NC2CCCCC2)nsc1C(=O)N(c1cccc2ccccc12)C(C(=O)NCC1CCCO1)c1ccc(Cl)cc1. The molecule has 2 atom stereocenters. The lowest BCUT2D eigenvalue weighted by Crippen LogP contribution is -2.45. The highest BCUT2D eigenvalue weighted by Gasteiger charge is 2.37. The average molecular weight is 646 g/mol. The lowest BCUT2D eigenvalue weighted by molar-refractivity contribution is -0.123. The third-order valence-corrected chi connectivity index (χ3v) is 9.65. The van der Waals surface area contributed by atoms with Crippen molar-refractivity contribution in [2.45, 2.75) is 63.1 Å². The Hall–Kier alpha value is -3.99. The molecule has 0 radical (unpaired) electrons. The van der Waals surface area contributed by atoms with Crippen molar-refractivity contribution < 1.29 is 19.1 Å². The monoisotopic (exact) mass is 645 g/mol. The Kier molecular flexibility index (Phi) is 9.63. The van der Waals surface area contributed by atoms with Crippen molar-refractivity contribution in [1.82, 2.24) is 15.0 Å². The van der Waals surface area contributed by atoms with E-state index in [4.69, 9.17) is 22.1 Å². The zero-order valence-electron chi connectivity index (χ0n) is 24.8. The number of hydrogen-bond acceptors (Lipinski definition) is 7. The summed E-state index contributed by atoms with van der Waals surface area (Å²) in [5.41, 5.74) is 7.62. The molecule has 9 nitrogen and oxygen atoms in total. The van der Waals surface area contributed by atoms with E-state index in [1.165, 1.54) is 4.90 Å². The van der Waals surface area contributed by atoms with Crippen LogP contribution in [0.25, 0.3) is 10.8 Å². The Bertz CT molecular complexity index is 1680. The smallest absolute Gasteiger partial charge is 0.273 e. The van der Waals surface area contributed by atoms with Crippen LogP contribution >= 0.6 is 23.1 Å². The first-order valence-electron chi connectivity index (χ1n) is 15.4. The fraction of sp³-hybridized carbons (Fsp3) is 0.353. The van der Waals surface area contributed by atoms with Gasteiger partial charge in [-0.3, -0.25) is 19.3 Å². The van der Waals surface area contributed by atoms with E-state index in [0.29, 0.717) is 29.4 Å². The minimum Gasteiger partial charge on any atom is -0.395 e. The van der Waals surface area contributed by atoms with E-state index in [1.54, 1.807) is 24.3 Å². The number of anilines is 2. The maximum Gasteiger partial charge on any atom is 0.273 e. The van der Waals surface area contributed by atoms with Crippen LogP contribution in [0.4, 0.5) is 11.4 Å². The number of carbonyl (C=O) groups is 3. The summed E-state index contributed by atoms with van der Waals surface area (Å²) in [5.74, 6) is -1.31. The normalized spacial score (nSPS) is 17.6. The number of nitrogens with one attached hydrogen (secondary N) is 2. The molecule has 11 heteroatoms. The van der Waals surface area contributed by atoms with Crippen molar-refractivity contribution in [2.75, 3.05) is 23.8 Å². The predicted molar refractivity (Wildman–Crippen MR) is 178 cm³/mol. The molecular formula is C34H36ClN5O4S. The van der Waals surface area contributed by atoms with Crippen LogP contribution in [0.3, 0.4) is 0 Å². The van der Waals surface area contributed by atoms with Crippen LogP contribution in [0.2, 0.25) is 5.02 Å². The highest BCUT2D eigenvalue weighted by Crippen LogP contribution is 2.37. The minimum absolute atomic E-state index is 0.00170. The first-order chi connectivity index (χ1) is 21.9. The Balaban J connectivity index is 1.42. The molecule has 45 heavy (non-hydrogen) atoms. The number of carbonyl (C=O) groups excluding carboxylic acids is 3. The van der Waals surface area contributed by atoms with E-state index in [0.717, 1.165) is 67.3 Å². The van der Waals surface area contributed by atoms with Gasteiger partial charge >= 0.3 is 0 Å². The van der Waals surface area contributed by atoms with Crippen molar-refractivity contribution in [3.05, 3.63) is 87.9 Å². The zero-order valence-corrected chi connectivity index (χ0v) is 26.4. The number of rotatable bonds is 9. The minimum atomic E-state index is -1.09. The molecule has 2 fully saturated rings. The molecule has 6 rings (SSSR count). The van der Waals surface area contributed by atoms with Crippen molar-refractivity contribution in [3.8, 4) is 0 Å². The van der Waals surface area contributed by atoms with Gasteiger partial charge in [0, 0.05) is 29.6 Å². The van der Waals surface area contributed by atoms with Gasteiger partial charge in [0.2, 0.25) is 5.91 Å². The van der Waals surface area contributed by atoms with Crippen LogP contribution < -0.4 is 21.3 Å². The van der Waals surface area contributed by atoms with Crippen LogP contribution in [0.15, 0.2) is 66.7 Å². The van der Waals surface area contributed by atoms with Gasteiger partial charge in [-0.2, -0.15) is 4.37 Å². The molecule has 4 aromatic rings. The lowest BCUT2D eigenvalue weighted by Gasteiger charge is -2.32. The second-order valence-corrected chi connectivity index (χ2v) is 12.8. The van der Waals surface area contributed by atoms with Crippen LogP contribution in [-0.2, 0) is 9.53 Å². The number of amides is 3. The molecule has 1 saturated heterocycles. The van der Waals surface area contributed by atoms with Crippen molar-refractivity contribution in [3.63, 3.8) is 0 Å². The number of fused-ring (bicyclic) bond motifs is 1. The van der Waals surface area contributed by atoms with Gasteiger partial charge in [-0.1, -0.05) is 79.4 Å². The first-order valence-corrected chi connectivity index (χ1v) is 16.6. The molecular weight excluding hydrogens is 610 g/mol. The molecule has 1 saturated carbocycles. The molecule has 1 aromatic heterocycles. The van der Waals surface area contributed by atoms with Crippen molar-refractivity contribution in [2.24, 2.45) is 0 Å². The summed E-state index contributed by atoms with van der Waals surface area (Å²) >= 11 is 7.10. The Morgan fingerprint density at radius 3 is 2.49 bits per heavy atom. The van der Waals surface area contributed by atoms with Gasteiger partial charge in [0.15, 0.2) is 5.69 Å². The van der Waals surface area contributed by atoms with Crippen LogP contribution in [0, 0.1) is 0 Å². The van der Waals surface area contributed by atoms with Gasteiger partial charge in [0.05, 0.1) is 17.5 Å².